The van der Waals surface area contributed by atoms with E-state index in [1.54, 1.807) is 6.26 Å². The Hall–Kier alpha value is -3.28. The fourth-order valence-electron chi connectivity index (χ4n) is 4.60. The van der Waals surface area contributed by atoms with Crippen molar-refractivity contribution in [2.75, 3.05) is 13.1 Å². The molecule has 0 bridgehead atoms. The average molecular weight is 418 g/mol. The Morgan fingerprint density at radius 3 is 2.87 bits per heavy atom. The van der Waals surface area contributed by atoms with Crippen molar-refractivity contribution in [3.05, 3.63) is 60.1 Å². The Morgan fingerprint density at radius 2 is 2.06 bits per heavy atom. The van der Waals surface area contributed by atoms with Crippen LogP contribution in [0.3, 0.4) is 0 Å². The number of furan rings is 1. The van der Waals surface area contributed by atoms with Gasteiger partial charge in [-0.15, -0.1) is 0 Å². The molecule has 31 heavy (non-hydrogen) atoms. The predicted octanol–water partition coefficient (Wildman–Crippen LogP) is 5.13. The maximum absolute atomic E-state index is 13.4. The minimum absolute atomic E-state index is 0.00960. The Bertz CT molecular complexity index is 1250. The summed E-state index contributed by atoms with van der Waals surface area (Å²) in [6, 6.07) is 13.7. The van der Waals surface area contributed by atoms with E-state index in [4.69, 9.17) is 14.1 Å². The molecule has 1 saturated heterocycles. The highest BCUT2D eigenvalue weighted by Crippen LogP contribution is 2.32. The van der Waals surface area contributed by atoms with Gasteiger partial charge in [0.1, 0.15) is 17.2 Å². The number of ether oxygens (including phenoxy) is 1. The molecule has 3 heterocycles. The Balaban J connectivity index is 1.43. The molecule has 5 rings (SSSR count). The van der Waals surface area contributed by atoms with Gasteiger partial charge in [0, 0.05) is 31.6 Å². The fraction of sp³-hybridized carbons (Fsp3) is 0.360. The van der Waals surface area contributed by atoms with Crippen LogP contribution in [-0.2, 0) is 7.05 Å². The standard InChI is InChI=1S/C25H27N3O3/c1-16(2)31-23-14-18(13-22-19(23)10-12-30-22)25(29)28-11-6-7-17(15-28)24-26-20-8-4-5-9-21(20)27(24)3/h4-5,8-10,12-14,16-17H,6-7,11,15H2,1-3H3. The van der Waals surface area contributed by atoms with E-state index in [1.807, 2.05) is 55.1 Å². The number of imidazole rings is 1. The van der Waals surface area contributed by atoms with E-state index in [-0.39, 0.29) is 17.9 Å². The van der Waals surface area contributed by atoms with Gasteiger partial charge < -0.3 is 18.6 Å². The molecule has 1 aliphatic heterocycles. The maximum Gasteiger partial charge on any atom is 0.254 e. The Morgan fingerprint density at radius 1 is 1.23 bits per heavy atom. The average Bonchev–Trinajstić information content (AvgIpc) is 3.38. The van der Waals surface area contributed by atoms with Gasteiger partial charge in [-0.2, -0.15) is 0 Å². The van der Waals surface area contributed by atoms with Gasteiger partial charge in [0.05, 0.1) is 28.8 Å². The lowest BCUT2D eigenvalue weighted by Gasteiger charge is -2.32. The van der Waals surface area contributed by atoms with E-state index in [9.17, 15) is 4.79 Å². The zero-order chi connectivity index (χ0) is 21.5. The number of hydrogen-bond acceptors (Lipinski definition) is 4. The van der Waals surface area contributed by atoms with Crippen LogP contribution >= 0.6 is 0 Å². The molecule has 6 nitrogen and oxygen atoms in total. The summed E-state index contributed by atoms with van der Waals surface area (Å²) >= 11 is 0. The third-order valence-corrected chi connectivity index (χ3v) is 6.04. The first-order valence-corrected chi connectivity index (χ1v) is 10.9. The fourth-order valence-corrected chi connectivity index (χ4v) is 4.60. The molecule has 1 atom stereocenters. The van der Waals surface area contributed by atoms with Gasteiger partial charge in [0.15, 0.2) is 0 Å². The van der Waals surface area contributed by atoms with E-state index < -0.39 is 0 Å². The molecule has 1 unspecified atom stereocenters. The molecule has 0 radical (unpaired) electrons. The van der Waals surface area contributed by atoms with E-state index in [0.717, 1.165) is 41.6 Å². The molecule has 0 spiro atoms. The summed E-state index contributed by atoms with van der Waals surface area (Å²) in [4.78, 5) is 20.3. The summed E-state index contributed by atoms with van der Waals surface area (Å²) in [6.07, 6.45) is 3.63. The lowest BCUT2D eigenvalue weighted by molar-refractivity contribution is 0.0703. The second-order valence-corrected chi connectivity index (χ2v) is 8.58. The number of hydrogen-bond donors (Lipinski definition) is 0. The van der Waals surface area contributed by atoms with Crippen LogP contribution in [0.15, 0.2) is 53.1 Å². The minimum atomic E-state index is 0.00960. The molecule has 0 aliphatic carbocycles. The van der Waals surface area contributed by atoms with Crippen LogP contribution in [0.1, 0.15) is 48.8 Å². The summed E-state index contributed by atoms with van der Waals surface area (Å²) in [5.74, 6) is 1.96. The third-order valence-electron chi connectivity index (χ3n) is 6.04. The number of aromatic nitrogens is 2. The number of likely N-dealkylation sites (tertiary alicyclic amines) is 1. The van der Waals surface area contributed by atoms with Gasteiger partial charge in [0.25, 0.3) is 5.91 Å². The molecule has 1 amide bonds. The number of nitrogens with zero attached hydrogens (tertiary/aromatic N) is 3. The number of amides is 1. The summed E-state index contributed by atoms with van der Waals surface area (Å²) in [7, 11) is 2.06. The molecule has 160 valence electrons. The van der Waals surface area contributed by atoms with Gasteiger partial charge in [0.2, 0.25) is 0 Å². The number of aryl methyl sites for hydroxylation is 1. The number of para-hydroxylation sites is 2. The van der Waals surface area contributed by atoms with Crippen molar-refractivity contribution in [2.45, 2.75) is 38.7 Å². The first kappa shape index (κ1) is 19.7. The minimum Gasteiger partial charge on any atom is -0.490 e. The van der Waals surface area contributed by atoms with Crippen LogP contribution < -0.4 is 4.74 Å². The second-order valence-electron chi connectivity index (χ2n) is 8.58. The smallest absolute Gasteiger partial charge is 0.254 e. The van der Waals surface area contributed by atoms with E-state index >= 15 is 0 Å². The Kier molecular flexibility index (Phi) is 4.93. The highest BCUT2D eigenvalue weighted by Gasteiger charge is 2.29. The highest BCUT2D eigenvalue weighted by atomic mass is 16.5. The third kappa shape index (κ3) is 3.56. The van der Waals surface area contributed by atoms with Crippen molar-refractivity contribution in [3.63, 3.8) is 0 Å². The molecule has 1 aliphatic rings. The molecule has 0 N–H and O–H groups in total. The molecule has 0 saturated carbocycles. The van der Waals surface area contributed by atoms with Crippen molar-refractivity contribution in [1.82, 2.24) is 14.5 Å². The second kappa shape index (κ2) is 7.76. The predicted molar refractivity (Wildman–Crippen MR) is 121 cm³/mol. The van der Waals surface area contributed by atoms with E-state index in [2.05, 4.69) is 17.7 Å². The van der Waals surface area contributed by atoms with Crippen LogP contribution in [0.4, 0.5) is 0 Å². The maximum atomic E-state index is 13.4. The van der Waals surface area contributed by atoms with E-state index in [0.29, 0.717) is 23.4 Å². The van der Waals surface area contributed by atoms with Crippen molar-refractivity contribution in [1.29, 1.82) is 0 Å². The van der Waals surface area contributed by atoms with Gasteiger partial charge in [-0.05, 0) is 57.0 Å². The lowest BCUT2D eigenvalue weighted by Crippen LogP contribution is -2.39. The summed E-state index contributed by atoms with van der Waals surface area (Å²) in [6.45, 7) is 5.36. The number of carbonyl (C=O) groups excluding carboxylic acids is 1. The van der Waals surface area contributed by atoms with E-state index in [1.165, 1.54) is 0 Å². The largest absolute Gasteiger partial charge is 0.490 e. The molecule has 4 aromatic rings. The highest BCUT2D eigenvalue weighted by molar-refractivity contribution is 5.99. The summed E-state index contributed by atoms with van der Waals surface area (Å²) in [5, 5.41) is 0.890. The number of piperidine rings is 1. The molecule has 2 aromatic carbocycles. The SMILES string of the molecule is CC(C)Oc1cc(C(=O)N2CCCC(c3nc4ccccc4n3C)C2)cc2occc12. The van der Waals surface area contributed by atoms with Gasteiger partial charge >= 0.3 is 0 Å². The molecular formula is C25H27N3O3. The monoisotopic (exact) mass is 417 g/mol. The lowest BCUT2D eigenvalue weighted by atomic mass is 9.96. The quantitative estimate of drug-likeness (QED) is 0.462. The van der Waals surface area contributed by atoms with Crippen molar-refractivity contribution in [2.24, 2.45) is 7.05 Å². The van der Waals surface area contributed by atoms with Crippen LogP contribution in [0.2, 0.25) is 0 Å². The number of benzene rings is 2. The molecule has 1 fully saturated rings. The Labute approximate surface area is 181 Å². The number of rotatable bonds is 4. The van der Waals surface area contributed by atoms with Crippen molar-refractivity contribution in [3.8, 4) is 5.75 Å². The normalized spacial score (nSPS) is 17.0. The molecular weight excluding hydrogens is 390 g/mol. The van der Waals surface area contributed by atoms with Crippen LogP contribution in [0.5, 0.6) is 5.75 Å². The topological polar surface area (TPSA) is 60.5 Å². The zero-order valence-corrected chi connectivity index (χ0v) is 18.2. The van der Waals surface area contributed by atoms with Gasteiger partial charge in [-0.25, -0.2) is 4.98 Å². The first-order valence-electron chi connectivity index (χ1n) is 10.9. The van der Waals surface area contributed by atoms with Gasteiger partial charge in [-0.1, -0.05) is 12.1 Å². The molecule has 6 heteroatoms. The van der Waals surface area contributed by atoms with Crippen molar-refractivity contribution >= 4 is 27.9 Å². The summed E-state index contributed by atoms with van der Waals surface area (Å²) in [5.41, 5.74) is 3.40. The van der Waals surface area contributed by atoms with Gasteiger partial charge in [-0.3, -0.25) is 4.79 Å². The van der Waals surface area contributed by atoms with Crippen LogP contribution in [0.25, 0.3) is 22.0 Å². The first-order chi connectivity index (χ1) is 15.0. The van der Waals surface area contributed by atoms with Crippen LogP contribution in [0, 0.1) is 0 Å². The number of fused-ring (bicyclic) bond motifs is 2. The number of carbonyl (C=O) groups is 1. The van der Waals surface area contributed by atoms with Crippen LogP contribution in [-0.4, -0.2) is 39.6 Å². The zero-order valence-electron chi connectivity index (χ0n) is 18.2. The molecule has 2 aromatic heterocycles. The van der Waals surface area contributed by atoms with Crippen molar-refractivity contribution < 1.29 is 13.9 Å². The summed E-state index contributed by atoms with van der Waals surface area (Å²) < 4.78 is 13.7.